The summed E-state index contributed by atoms with van der Waals surface area (Å²) in [6.45, 7) is 43.1. The summed E-state index contributed by atoms with van der Waals surface area (Å²) in [4.78, 5) is 0. The Labute approximate surface area is 343 Å². The zero-order chi connectivity index (χ0) is 41.6. The van der Waals surface area contributed by atoms with E-state index < -0.39 is 8.07 Å². The van der Waals surface area contributed by atoms with E-state index in [-0.39, 0.29) is 32.5 Å². The van der Waals surface area contributed by atoms with Crippen molar-refractivity contribution in [1.82, 2.24) is 0 Å². The highest BCUT2D eigenvalue weighted by atomic mass is 28.3. The maximum Gasteiger partial charge on any atom is 0.164 e. The van der Waals surface area contributed by atoms with Crippen molar-refractivity contribution in [3.05, 3.63) is 153 Å². The van der Waals surface area contributed by atoms with Crippen molar-refractivity contribution in [1.29, 1.82) is 0 Å². The Hall–Kier alpha value is -3.68. The fraction of sp³-hybridized carbons (Fsp3) is 0.436. The van der Waals surface area contributed by atoms with Gasteiger partial charge < -0.3 is 0 Å². The molecule has 0 fully saturated rings. The van der Waals surface area contributed by atoms with Gasteiger partial charge in [-0.05, 0) is 104 Å². The number of hydrogen-bond donors (Lipinski definition) is 0. The first-order chi connectivity index (χ1) is 25.5. The molecule has 0 saturated heterocycles. The molecule has 0 saturated carbocycles. The first-order valence-electron chi connectivity index (χ1n) is 21.1. The summed E-state index contributed by atoms with van der Waals surface area (Å²) in [7, 11) is -3.24. The van der Waals surface area contributed by atoms with E-state index in [1.807, 2.05) is 0 Å². The molecule has 1 aliphatic rings. The Morgan fingerprint density at radius 2 is 0.464 bits per heavy atom. The predicted octanol–water partition coefficient (Wildman–Crippen LogP) is 13.1. The molecule has 1 aliphatic carbocycles. The van der Waals surface area contributed by atoms with Crippen molar-refractivity contribution in [2.24, 2.45) is 0 Å². The highest BCUT2D eigenvalue weighted by molar-refractivity contribution is 7.16. The second-order valence-electron chi connectivity index (χ2n) is 23.1. The summed E-state index contributed by atoms with van der Waals surface area (Å²) in [5.41, 5.74) is 15.2. The fourth-order valence-electron chi connectivity index (χ4n) is 8.48. The molecule has 0 amide bonds. The van der Waals surface area contributed by atoms with E-state index in [2.05, 4.69) is 228 Å². The lowest BCUT2D eigenvalue weighted by molar-refractivity contribution is 0.569. The van der Waals surface area contributed by atoms with Crippen LogP contribution in [0.1, 0.15) is 169 Å². The van der Waals surface area contributed by atoms with Gasteiger partial charge in [0, 0.05) is 5.54 Å². The Bertz CT molecular complexity index is 1930. The maximum absolute atomic E-state index is 3.24. The number of hydrogen-bond acceptors (Lipinski definition) is 0. The molecule has 0 spiro atoms. The van der Waals surface area contributed by atoms with Gasteiger partial charge in [-0.25, -0.2) is 0 Å². The molecule has 1 radical (unpaired) electrons. The van der Waals surface area contributed by atoms with Gasteiger partial charge in [-0.1, -0.05) is 228 Å². The van der Waals surface area contributed by atoms with E-state index in [0.29, 0.717) is 0 Å². The van der Waals surface area contributed by atoms with E-state index in [0.717, 1.165) is 0 Å². The van der Waals surface area contributed by atoms with Crippen molar-refractivity contribution in [3.63, 3.8) is 0 Å². The molecule has 0 nitrogen and oxygen atoms in total. The van der Waals surface area contributed by atoms with E-state index in [9.17, 15) is 0 Å². The maximum atomic E-state index is 2.65. The zero-order valence-electron chi connectivity index (χ0n) is 38.3. The van der Waals surface area contributed by atoms with Gasteiger partial charge in [0.25, 0.3) is 0 Å². The monoisotopic (exact) mass is 760 g/mol. The van der Waals surface area contributed by atoms with Gasteiger partial charge in [-0.15, -0.1) is 0 Å². The van der Waals surface area contributed by atoms with E-state index >= 15 is 0 Å². The molecule has 0 N–H and O–H groups in total. The van der Waals surface area contributed by atoms with Crippen LogP contribution in [0.25, 0.3) is 11.1 Å². The number of rotatable bonds is 4. The number of fused-ring (bicyclic) bond motifs is 3. The minimum Gasteiger partial charge on any atom is -0.0619 e. The third-order valence-electron chi connectivity index (χ3n) is 12.4. The number of benzene rings is 5. The fourth-order valence-corrected chi connectivity index (χ4v) is 13.8. The molecule has 0 unspecified atom stereocenters. The SMILES string of the molecule is CC(C)(C)c1cc(C(C)(C)C)cc([Si]([C]2c3ccccc3-c3ccccc32)(c2cc(C(C)(C)C)cc(C(C)(C)C)c2)c2cc(C(C)(C)C)cc(C(C)(C)C)c2)c1. The summed E-state index contributed by atoms with van der Waals surface area (Å²) < 4.78 is 0. The third kappa shape index (κ3) is 7.67. The quantitative estimate of drug-likeness (QED) is 0.126. The van der Waals surface area contributed by atoms with Crippen LogP contribution in [-0.2, 0) is 32.5 Å². The van der Waals surface area contributed by atoms with Gasteiger partial charge in [-0.3, -0.25) is 0 Å². The zero-order valence-corrected chi connectivity index (χ0v) is 39.3. The third-order valence-corrected chi connectivity index (χ3v) is 17.1. The first kappa shape index (κ1) is 41.9. The Balaban J connectivity index is 2.01. The van der Waals surface area contributed by atoms with Crippen LogP contribution in [0.15, 0.2) is 103 Å². The van der Waals surface area contributed by atoms with Gasteiger partial charge in [-0.2, -0.15) is 0 Å². The lowest BCUT2D eigenvalue weighted by Gasteiger charge is -2.43. The standard InChI is InChI=1S/C55H71Si/c1-50(2,3)36-27-37(51(4,5)6)31-42(30-36)56(43-32-38(52(7,8)9)28-39(33-43)53(10,11)12,44-34-40(54(13,14)15)29-41(35-44)55(16,17)18)49-47-25-21-19-23-45(47)46-24-20-22-26-48(46)49/h19-35H,1-18H3. The highest BCUT2D eigenvalue weighted by Crippen LogP contribution is 2.49. The van der Waals surface area contributed by atoms with Gasteiger partial charge in [0.1, 0.15) is 0 Å². The Kier molecular flexibility index (Phi) is 10.3. The molecule has 295 valence electrons. The smallest absolute Gasteiger partial charge is 0.0619 e. The van der Waals surface area contributed by atoms with Crippen LogP contribution in [-0.4, -0.2) is 8.07 Å². The van der Waals surface area contributed by atoms with Crippen LogP contribution in [0.5, 0.6) is 0 Å². The van der Waals surface area contributed by atoms with Gasteiger partial charge >= 0.3 is 0 Å². The van der Waals surface area contributed by atoms with Gasteiger partial charge in [0.15, 0.2) is 8.07 Å². The second kappa shape index (κ2) is 13.7. The minimum atomic E-state index is -3.24. The summed E-state index contributed by atoms with van der Waals surface area (Å²) in [5.74, 6) is 0. The molecule has 0 atom stereocenters. The van der Waals surface area contributed by atoms with Crippen LogP contribution >= 0.6 is 0 Å². The summed E-state index contributed by atoms with van der Waals surface area (Å²) in [6.07, 6.45) is 0. The lowest BCUT2D eigenvalue weighted by Crippen LogP contribution is -2.72. The van der Waals surface area contributed by atoms with Crippen molar-refractivity contribution in [3.8, 4) is 11.1 Å². The Morgan fingerprint density at radius 3 is 0.661 bits per heavy atom. The van der Waals surface area contributed by atoms with Crippen molar-refractivity contribution in [2.75, 3.05) is 0 Å². The van der Waals surface area contributed by atoms with Crippen LogP contribution < -0.4 is 15.6 Å². The van der Waals surface area contributed by atoms with Crippen LogP contribution in [0.4, 0.5) is 0 Å². The molecule has 0 bridgehead atoms. The predicted molar refractivity (Wildman–Crippen MR) is 250 cm³/mol. The Morgan fingerprint density at radius 1 is 0.268 bits per heavy atom. The van der Waals surface area contributed by atoms with E-state index in [4.69, 9.17) is 0 Å². The normalized spacial score (nSPS) is 14.5. The van der Waals surface area contributed by atoms with Crippen LogP contribution in [0, 0.1) is 5.54 Å². The van der Waals surface area contributed by atoms with E-state index in [1.165, 1.54) is 76.7 Å². The molecule has 0 heterocycles. The van der Waals surface area contributed by atoms with Gasteiger partial charge in [0.05, 0.1) is 0 Å². The molecular formula is C55H71Si. The van der Waals surface area contributed by atoms with E-state index in [1.54, 1.807) is 0 Å². The van der Waals surface area contributed by atoms with Crippen LogP contribution in [0.3, 0.4) is 0 Å². The van der Waals surface area contributed by atoms with Crippen molar-refractivity contribution in [2.45, 2.75) is 157 Å². The molecule has 5 aromatic carbocycles. The lowest BCUT2D eigenvalue weighted by atomic mass is 9.80. The summed E-state index contributed by atoms with van der Waals surface area (Å²) >= 11 is 0. The van der Waals surface area contributed by atoms with Crippen LogP contribution in [0.2, 0.25) is 0 Å². The highest BCUT2D eigenvalue weighted by Gasteiger charge is 2.53. The molecule has 5 aromatic rings. The minimum absolute atomic E-state index is 0.0417. The average molecular weight is 760 g/mol. The second-order valence-corrected chi connectivity index (χ2v) is 26.8. The first-order valence-corrected chi connectivity index (χ1v) is 23.1. The summed E-state index contributed by atoms with van der Waals surface area (Å²) in [6, 6.07) is 42.1. The largest absolute Gasteiger partial charge is 0.164 e. The van der Waals surface area contributed by atoms with Crippen molar-refractivity contribution < 1.29 is 0 Å². The molecule has 0 aromatic heterocycles. The molecule has 1 heteroatoms. The molecule has 6 rings (SSSR count). The topological polar surface area (TPSA) is 0 Å². The molecular weight excluding hydrogens is 689 g/mol. The average Bonchev–Trinajstić information content (AvgIpc) is 3.41. The van der Waals surface area contributed by atoms with Gasteiger partial charge in [0.2, 0.25) is 0 Å². The molecule has 0 aliphatic heterocycles. The van der Waals surface area contributed by atoms with Crippen molar-refractivity contribution >= 4 is 23.6 Å². The molecule has 56 heavy (non-hydrogen) atoms. The summed E-state index contributed by atoms with van der Waals surface area (Å²) in [5, 5.41) is 4.44.